The van der Waals surface area contributed by atoms with Crippen molar-refractivity contribution in [2.75, 3.05) is 19.4 Å². The van der Waals surface area contributed by atoms with Gasteiger partial charge in [0, 0.05) is 13.6 Å². The minimum absolute atomic E-state index is 0.0150. The highest BCUT2D eigenvalue weighted by Gasteiger charge is 2.34. The number of amides is 1. The predicted molar refractivity (Wildman–Crippen MR) is 96.0 cm³/mol. The number of ether oxygens (including phenoxy) is 1. The Hall–Kier alpha value is -2.60. The minimum Gasteiger partial charge on any atom is -0.486 e. The largest absolute Gasteiger partial charge is 0.486 e. The molecular formula is C19H19NO4S. The lowest BCUT2D eigenvalue weighted by atomic mass is 10.1. The van der Waals surface area contributed by atoms with Crippen molar-refractivity contribution in [3.63, 3.8) is 0 Å². The molecule has 0 aliphatic carbocycles. The van der Waals surface area contributed by atoms with Gasteiger partial charge < -0.3 is 9.64 Å². The first-order valence-corrected chi connectivity index (χ1v) is 9.59. The molecule has 25 heavy (non-hydrogen) atoms. The Balaban J connectivity index is 1.99. The Morgan fingerprint density at radius 3 is 2.28 bits per heavy atom. The molecule has 1 heterocycles. The van der Waals surface area contributed by atoms with Crippen LogP contribution in [0.4, 0.5) is 0 Å². The van der Waals surface area contributed by atoms with Gasteiger partial charge in [0.1, 0.15) is 11.5 Å². The van der Waals surface area contributed by atoms with Crippen LogP contribution in [-0.2, 0) is 25.9 Å². The maximum atomic E-state index is 12.9. The van der Waals surface area contributed by atoms with Crippen molar-refractivity contribution in [2.24, 2.45) is 0 Å². The summed E-state index contributed by atoms with van der Waals surface area (Å²) in [6, 6.07) is 18.1. The molecule has 130 valence electrons. The van der Waals surface area contributed by atoms with Crippen molar-refractivity contribution < 1.29 is 17.9 Å². The third-order valence-corrected chi connectivity index (χ3v) is 5.70. The molecule has 1 amide bonds. The highest BCUT2D eigenvalue weighted by molar-refractivity contribution is 8.00. The van der Waals surface area contributed by atoms with Gasteiger partial charge in [-0.15, -0.1) is 0 Å². The monoisotopic (exact) mass is 357 g/mol. The zero-order valence-electron chi connectivity index (χ0n) is 13.9. The second-order valence-electron chi connectivity index (χ2n) is 5.84. The van der Waals surface area contributed by atoms with Gasteiger partial charge in [0.15, 0.2) is 9.84 Å². The van der Waals surface area contributed by atoms with Crippen LogP contribution in [-0.4, -0.2) is 38.6 Å². The second-order valence-corrected chi connectivity index (χ2v) is 7.88. The van der Waals surface area contributed by atoms with E-state index in [-0.39, 0.29) is 23.0 Å². The Bertz CT molecular complexity index is 890. The number of hydrogen-bond acceptors (Lipinski definition) is 4. The van der Waals surface area contributed by atoms with E-state index in [9.17, 15) is 13.2 Å². The van der Waals surface area contributed by atoms with E-state index in [1.165, 1.54) is 4.90 Å². The van der Waals surface area contributed by atoms with Gasteiger partial charge in [0.25, 0.3) is 5.91 Å². The summed E-state index contributed by atoms with van der Waals surface area (Å²) >= 11 is 0. The van der Waals surface area contributed by atoms with E-state index in [1.807, 2.05) is 30.3 Å². The van der Waals surface area contributed by atoms with Gasteiger partial charge in [-0.25, -0.2) is 8.42 Å². The number of sulfone groups is 1. The Morgan fingerprint density at radius 2 is 1.64 bits per heavy atom. The van der Waals surface area contributed by atoms with Gasteiger partial charge in [-0.05, 0) is 11.1 Å². The van der Waals surface area contributed by atoms with Gasteiger partial charge in [0.2, 0.25) is 5.76 Å². The predicted octanol–water partition coefficient (Wildman–Crippen LogP) is 2.46. The van der Waals surface area contributed by atoms with Crippen LogP contribution in [0.3, 0.4) is 0 Å². The topological polar surface area (TPSA) is 63.7 Å². The average Bonchev–Trinajstić information content (AvgIpc) is 2.61. The fourth-order valence-electron chi connectivity index (χ4n) is 2.72. The van der Waals surface area contributed by atoms with Gasteiger partial charge in [-0.2, -0.15) is 0 Å². The van der Waals surface area contributed by atoms with Gasteiger partial charge >= 0.3 is 0 Å². The molecule has 0 bridgehead atoms. The van der Waals surface area contributed by atoms with Crippen molar-refractivity contribution in [1.29, 1.82) is 0 Å². The molecule has 0 N–H and O–H groups in total. The van der Waals surface area contributed by atoms with E-state index < -0.39 is 15.7 Å². The van der Waals surface area contributed by atoms with Gasteiger partial charge in [-0.3, -0.25) is 4.79 Å². The molecule has 6 heteroatoms. The van der Waals surface area contributed by atoms with Gasteiger partial charge in [0.05, 0.1) is 5.75 Å². The lowest BCUT2D eigenvalue weighted by molar-refractivity contribution is -0.129. The Kier molecular flexibility index (Phi) is 4.90. The number of hydrogen-bond donors (Lipinski definition) is 0. The van der Waals surface area contributed by atoms with Crippen LogP contribution >= 0.6 is 0 Å². The Labute approximate surface area is 147 Å². The molecule has 0 radical (unpaired) electrons. The third-order valence-electron chi connectivity index (χ3n) is 3.96. The molecule has 2 aromatic rings. The van der Waals surface area contributed by atoms with Crippen molar-refractivity contribution in [2.45, 2.75) is 6.54 Å². The van der Waals surface area contributed by atoms with Crippen molar-refractivity contribution in [3.05, 3.63) is 77.5 Å². The zero-order chi connectivity index (χ0) is 17.9. The molecule has 0 saturated heterocycles. The molecule has 3 rings (SSSR count). The third kappa shape index (κ3) is 3.74. The van der Waals surface area contributed by atoms with Gasteiger partial charge in [-0.1, -0.05) is 60.7 Å². The van der Waals surface area contributed by atoms with Crippen LogP contribution in [0.1, 0.15) is 11.1 Å². The first-order valence-electron chi connectivity index (χ1n) is 7.94. The first-order chi connectivity index (χ1) is 12.0. The van der Waals surface area contributed by atoms with Crippen LogP contribution in [0, 0.1) is 0 Å². The summed E-state index contributed by atoms with van der Waals surface area (Å²) in [4.78, 5) is 14.3. The van der Waals surface area contributed by atoms with E-state index in [2.05, 4.69) is 0 Å². The van der Waals surface area contributed by atoms with E-state index in [1.54, 1.807) is 37.4 Å². The molecule has 0 aromatic heterocycles. The summed E-state index contributed by atoms with van der Waals surface area (Å²) in [5.41, 5.74) is 1.43. The smallest absolute Gasteiger partial charge is 0.290 e. The summed E-state index contributed by atoms with van der Waals surface area (Å²) in [6.07, 6.45) is 0. The Morgan fingerprint density at radius 1 is 1.04 bits per heavy atom. The summed E-state index contributed by atoms with van der Waals surface area (Å²) in [5.74, 6) is -0.669. The fourth-order valence-corrected chi connectivity index (χ4v) is 4.15. The van der Waals surface area contributed by atoms with Crippen LogP contribution in [0.5, 0.6) is 0 Å². The lowest BCUT2D eigenvalue weighted by Crippen LogP contribution is -2.33. The highest BCUT2D eigenvalue weighted by Crippen LogP contribution is 2.30. The van der Waals surface area contributed by atoms with Crippen LogP contribution in [0.25, 0.3) is 4.91 Å². The van der Waals surface area contributed by atoms with E-state index in [4.69, 9.17) is 4.74 Å². The maximum Gasteiger partial charge on any atom is 0.290 e. The van der Waals surface area contributed by atoms with Crippen LogP contribution in [0.2, 0.25) is 0 Å². The fraction of sp³-hybridized carbons (Fsp3) is 0.211. The van der Waals surface area contributed by atoms with Crippen LogP contribution < -0.4 is 0 Å². The number of carbonyl (C=O) groups is 1. The van der Waals surface area contributed by atoms with Crippen molar-refractivity contribution in [1.82, 2.24) is 4.90 Å². The molecule has 0 atom stereocenters. The number of nitrogens with zero attached hydrogens (tertiary/aromatic N) is 1. The highest BCUT2D eigenvalue weighted by atomic mass is 32.2. The molecule has 0 saturated carbocycles. The molecule has 0 unspecified atom stereocenters. The summed E-state index contributed by atoms with van der Waals surface area (Å²) in [7, 11) is -1.94. The summed E-state index contributed by atoms with van der Waals surface area (Å²) in [5, 5.41) is 0. The quantitative estimate of drug-likeness (QED) is 0.843. The van der Waals surface area contributed by atoms with E-state index >= 15 is 0 Å². The number of likely N-dealkylation sites (N-methyl/N-ethyl adjacent to an activating group) is 1. The molecule has 0 fully saturated rings. The molecule has 1 aliphatic heterocycles. The molecule has 5 nitrogen and oxygen atoms in total. The number of carbonyl (C=O) groups excluding carboxylic acids is 1. The van der Waals surface area contributed by atoms with E-state index in [0.717, 1.165) is 5.56 Å². The molecule has 1 aliphatic rings. The van der Waals surface area contributed by atoms with Crippen molar-refractivity contribution in [3.8, 4) is 0 Å². The summed E-state index contributed by atoms with van der Waals surface area (Å²) in [6.45, 7) is 0.355. The van der Waals surface area contributed by atoms with Crippen LogP contribution in [0.15, 0.2) is 66.4 Å². The molecular weight excluding hydrogens is 338 g/mol. The number of rotatable bonds is 4. The van der Waals surface area contributed by atoms with E-state index in [0.29, 0.717) is 12.1 Å². The minimum atomic E-state index is -3.57. The SMILES string of the molecule is CN(Cc1ccccc1)C(=O)C1=C(c2ccccc2)S(=O)(=O)CCO1. The average molecular weight is 357 g/mol. The second kappa shape index (κ2) is 7.11. The molecule has 2 aromatic carbocycles. The van der Waals surface area contributed by atoms with Crippen molar-refractivity contribution >= 4 is 20.6 Å². The maximum absolute atomic E-state index is 12.9. The standard InChI is InChI=1S/C19H19NO4S/c1-20(14-15-8-4-2-5-9-15)19(21)17-18(16-10-6-3-7-11-16)25(22,23)13-12-24-17/h2-11H,12-14H2,1H3. The summed E-state index contributed by atoms with van der Waals surface area (Å²) < 4.78 is 30.6. The lowest BCUT2D eigenvalue weighted by Gasteiger charge is -2.25. The number of benzene rings is 2. The zero-order valence-corrected chi connectivity index (χ0v) is 14.7. The molecule has 0 spiro atoms. The normalized spacial score (nSPS) is 16.2. The first kappa shape index (κ1) is 17.2.